The van der Waals surface area contributed by atoms with Gasteiger partial charge in [0, 0.05) is 29.2 Å². The van der Waals surface area contributed by atoms with Gasteiger partial charge in [-0.05, 0) is 41.8 Å². The third kappa shape index (κ3) is 8.49. The number of hydrogen-bond donors (Lipinski definition) is 1. The molecular formula is C27H31Cl2IN2O5. The summed E-state index contributed by atoms with van der Waals surface area (Å²) in [6.45, 7) is 6.29. The van der Waals surface area contributed by atoms with Gasteiger partial charge < -0.3 is 23.9 Å². The van der Waals surface area contributed by atoms with Crippen LogP contribution in [0.4, 0.5) is 0 Å². The van der Waals surface area contributed by atoms with E-state index < -0.39 is 11.5 Å². The van der Waals surface area contributed by atoms with Gasteiger partial charge in [-0.1, -0.05) is 71.8 Å². The second-order valence-electron chi connectivity index (χ2n) is 9.16. The first-order valence-corrected chi connectivity index (χ1v) is 14.1. The highest BCUT2D eigenvalue weighted by molar-refractivity contribution is 14.1. The monoisotopic (exact) mass is 660 g/mol. The van der Waals surface area contributed by atoms with Crippen molar-refractivity contribution in [2.45, 2.75) is 51.4 Å². The van der Waals surface area contributed by atoms with Crippen molar-refractivity contribution in [1.29, 1.82) is 0 Å². The Morgan fingerprint density at radius 1 is 1.11 bits per heavy atom. The van der Waals surface area contributed by atoms with Gasteiger partial charge in [-0.25, -0.2) is 4.98 Å². The van der Waals surface area contributed by atoms with Gasteiger partial charge in [0.05, 0.1) is 22.9 Å². The number of aliphatic hydroxyl groups excluding tert-OH is 1. The second kappa shape index (κ2) is 13.7. The van der Waals surface area contributed by atoms with E-state index >= 15 is 0 Å². The van der Waals surface area contributed by atoms with Crippen molar-refractivity contribution in [3.63, 3.8) is 0 Å². The van der Waals surface area contributed by atoms with E-state index in [0.29, 0.717) is 34.5 Å². The molecule has 0 unspecified atom stereocenters. The first kappa shape index (κ1) is 29.5. The van der Waals surface area contributed by atoms with E-state index in [1.807, 2.05) is 36.4 Å². The van der Waals surface area contributed by atoms with Crippen molar-refractivity contribution in [2.75, 3.05) is 17.6 Å². The summed E-state index contributed by atoms with van der Waals surface area (Å²) in [7, 11) is 0. The summed E-state index contributed by atoms with van der Waals surface area (Å²) in [6, 6.07) is 11.4. The average molecular weight is 661 g/mol. The predicted molar refractivity (Wildman–Crippen MR) is 153 cm³/mol. The normalized spacial score (nSPS) is 13.2. The number of halogens is 3. The largest absolute Gasteiger partial charge is 0.491 e. The van der Waals surface area contributed by atoms with Crippen LogP contribution in [0.3, 0.4) is 0 Å². The topological polar surface area (TPSA) is 82.8 Å². The van der Waals surface area contributed by atoms with Crippen LogP contribution in [0.1, 0.15) is 38.3 Å². The van der Waals surface area contributed by atoms with Crippen LogP contribution in [0.2, 0.25) is 10.0 Å². The molecule has 0 bridgehead atoms. The molecule has 0 saturated heterocycles. The molecule has 0 aliphatic heterocycles. The van der Waals surface area contributed by atoms with Gasteiger partial charge in [0.1, 0.15) is 31.2 Å². The summed E-state index contributed by atoms with van der Waals surface area (Å²) in [5.41, 5.74) is 1.55. The zero-order valence-corrected chi connectivity index (χ0v) is 24.7. The fourth-order valence-corrected chi connectivity index (χ4v) is 5.08. The van der Waals surface area contributed by atoms with Gasteiger partial charge in [-0.2, -0.15) is 0 Å². The lowest BCUT2D eigenvalue weighted by Crippen LogP contribution is -2.25. The van der Waals surface area contributed by atoms with Crippen LogP contribution in [0.25, 0.3) is 0 Å². The predicted octanol–water partition coefficient (Wildman–Crippen LogP) is 6.09. The molecule has 0 spiro atoms. The fourth-order valence-electron chi connectivity index (χ4n) is 3.79. The number of aliphatic hydroxyl groups is 1. The van der Waals surface area contributed by atoms with E-state index in [0.717, 1.165) is 15.6 Å². The van der Waals surface area contributed by atoms with Crippen LogP contribution in [0, 0.1) is 0 Å². The number of rotatable bonds is 13. The summed E-state index contributed by atoms with van der Waals surface area (Å²) >= 11 is 15.4. The molecule has 7 nitrogen and oxygen atoms in total. The van der Waals surface area contributed by atoms with Crippen molar-refractivity contribution < 1.29 is 24.1 Å². The minimum absolute atomic E-state index is 0.170. The van der Waals surface area contributed by atoms with Gasteiger partial charge >= 0.3 is 5.97 Å². The van der Waals surface area contributed by atoms with E-state index in [1.54, 1.807) is 23.3 Å². The van der Waals surface area contributed by atoms with Gasteiger partial charge in [-0.15, -0.1) is 0 Å². The minimum Gasteiger partial charge on any atom is -0.491 e. The molecule has 0 saturated carbocycles. The molecule has 3 aromatic rings. The highest BCUT2D eigenvalue weighted by atomic mass is 127. The molecule has 1 heterocycles. The van der Waals surface area contributed by atoms with Gasteiger partial charge in [-0.3, -0.25) is 4.79 Å². The Bertz CT molecular complexity index is 1130. The van der Waals surface area contributed by atoms with E-state index in [2.05, 4.69) is 41.4 Å². The van der Waals surface area contributed by atoms with Crippen molar-refractivity contribution in [3.8, 4) is 11.5 Å². The highest BCUT2D eigenvalue weighted by Crippen LogP contribution is 2.40. The Hall–Kier alpha value is -2.01. The molecule has 200 valence electrons. The van der Waals surface area contributed by atoms with Crippen LogP contribution in [-0.4, -0.2) is 50.5 Å². The summed E-state index contributed by atoms with van der Waals surface area (Å²) < 4.78 is 19.6. The van der Waals surface area contributed by atoms with Crippen LogP contribution in [-0.2, 0) is 21.5 Å². The molecule has 0 aliphatic rings. The third-order valence-electron chi connectivity index (χ3n) is 5.90. The minimum atomic E-state index is -0.652. The number of imidazole rings is 1. The number of benzene rings is 2. The molecule has 37 heavy (non-hydrogen) atoms. The number of carbonyl (C=O) groups excluding carboxylic acids is 1. The van der Waals surface area contributed by atoms with E-state index in [1.165, 1.54) is 6.92 Å². The number of esters is 1. The molecule has 0 fully saturated rings. The number of carbonyl (C=O) groups is 1. The molecule has 3 rings (SSSR count). The summed E-state index contributed by atoms with van der Waals surface area (Å²) in [5, 5.41) is 11.0. The third-order valence-corrected chi connectivity index (χ3v) is 7.08. The van der Waals surface area contributed by atoms with Crippen LogP contribution < -0.4 is 9.47 Å². The van der Waals surface area contributed by atoms with Crippen LogP contribution in [0.5, 0.6) is 11.5 Å². The molecule has 2 atom stereocenters. The van der Waals surface area contributed by atoms with E-state index in [9.17, 15) is 9.90 Å². The highest BCUT2D eigenvalue weighted by Gasteiger charge is 2.26. The second-order valence-corrected chi connectivity index (χ2v) is 11.1. The molecule has 1 N–H and O–H groups in total. The number of aromatic nitrogens is 2. The Labute approximate surface area is 241 Å². The summed E-state index contributed by atoms with van der Waals surface area (Å²) in [5.74, 6) is 0.680. The number of ether oxygens (including phenoxy) is 3. The SMILES string of the molecule is CC(=O)O[C@H](CCI)COc1c(Cl)cc(C(C)(C)c2ccc(OC[C@H](O)Cn3ccnc3)cc2)cc1Cl. The number of hydrogen-bond acceptors (Lipinski definition) is 6. The molecule has 10 heteroatoms. The molecule has 1 aromatic heterocycles. The smallest absolute Gasteiger partial charge is 0.303 e. The van der Waals surface area contributed by atoms with Gasteiger partial charge in [0.15, 0.2) is 5.75 Å². The maximum absolute atomic E-state index is 11.4. The zero-order valence-electron chi connectivity index (χ0n) is 21.0. The summed E-state index contributed by atoms with van der Waals surface area (Å²) in [4.78, 5) is 15.3. The van der Waals surface area contributed by atoms with Crippen molar-refractivity contribution in [1.82, 2.24) is 9.55 Å². The lowest BCUT2D eigenvalue weighted by atomic mass is 9.78. The molecule has 0 radical (unpaired) electrons. The Morgan fingerprint density at radius 2 is 1.78 bits per heavy atom. The Balaban J connectivity index is 1.66. The molecule has 2 aromatic carbocycles. The lowest BCUT2D eigenvalue weighted by Gasteiger charge is -2.27. The first-order valence-electron chi connectivity index (χ1n) is 11.8. The van der Waals surface area contributed by atoms with E-state index in [4.69, 9.17) is 37.4 Å². The van der Waals surface area contributed by atoms with Crippen molar-refractivity contribution in [3.05, 3.63) is 76.3 Å². The fraction of sp³-hybridized carbons (Fsp3) is 0.407. The maximum atomic E-state index is 11.4. The molecule has 0 amide bonds. The average Bonchev–Trinajstić information content (AvgIpc) is 3.35. The maximum Gasteiger partial charge on any atom is 0.303 e. The van der Waals surface area contributed by atoms with Crippen LogP contribution >= 0.6 is 45.8 Å². The molecule has 0 aliphatic carbocycles. The lowest BCUT2D eigenvalue weighted by molar-refractivity contribution is -0.147. The number of alkyl halides is 1. The van der Waals surface area contributed by atoms with Gasteiger partial charge in [0.2, 0.25) is 0 Å². The van der Waals surface area contributed by atoms with Crippen LogP contribution in [0.15, 0.2) is 55.1 Å². The zero-order chi connectivity index (χ0) is 27.0. The van der Waals surface area contributed by atoms with E-state index in [-0.39, 0.29) is 25.3 Å². The summed E-state index contributed by atoms with van der Waals surface area (Å²) in [6.07, 6.45) is 4.77. The Kier molecular flexibility index (Phi) is 10.9. The quantitative estimate of drug-likeness (QED) is 0.136. The van der Waals surface area contributed by atoms with Crippen molar-refractivity contribution in [2.24, 2.45) is 0 Å². The standard InChI is InChI=1S/C27H31Cl2IN2O5/c1-18(33)37-23(8-9-30)16-36-26-24(28)12-20(13-25(26)29)27(2,3)19-4-6-22(7-5-19)35-15-21(34)14-32-11-10-31-17-32/h4-7,10-13,17,21,23,34H,8-9,14-16H2,1-3H3/t21-,23-/m1/s1. The number of nitrogens with zero attached hydrogens (tertiary/aromatic N) is 2. The Morgan fingerprint density at radius 3 is 2.35 bits per heavy atom. The molecular weight excluding hydrogens is 630 g/mol. The van der Waals surface area contributed by atoms with Gasteiger partial charge in [0.25, 0.3) is 0 Å². The first-order chi connectivity index (χ1) is 17.6. The van der Waals surface area contributed by atoms with Crippen molar-refractivity contribution >= 4 is 51.8 Å².